The van der Waals surface area contributed by atoms with Gasteiger partial charge in [-0.05, 0) is 5.56 Å². The number of amides is 2. The number of hydrogen-bond acceptors (Lipinski definition) is 3. The van der Waals surface area contributed by atoms with Gasteiger partial charge in [-0.3, -0.25) is 15.0 Å². The molecule has 0 atom stereocenters. The van der Waals surface area contributed by atoms with Crippen LogP contribution in [0.5, 0.6) is 0 Å². The zero-order valence-corrected chi connectivity index (χ0v) is 8.90. The van der Waals surface area contributed by atoms with Gasteiger partial charge in [0.1, 0.15) is 0 Å². The number of nitrogens with two attached hydrogens (primary N) is 1. The Balaban J connectivity index is 2.23. The Hall–Kier alpha value is -1.88. The Kier molecular flexibility index (Phi) is 5.01. The Morgan fingerprint density at radius 3 is 2.31 bits per heavy atom. The zero-order valence-electron chi connectivity index (χ0n) is 8.90. The van der Waals surface area contributed by atoms with Crippen molar-refractivity contribution in [3.05, 3.63) is 35.9 Å². The Morgan fingerprint density at radius 1 is 1.06 bits per heavy atom. The summed E-state index contributed by atoms with van der Waals surface area (Å²) in [5.41, 5.74) is 3.00. The SMILES string of the molecule is NNC(=O)CCC(=O)NCc1ccccc1. The van der Waals surface area contributed by atoms with Crippen molar-refractivity contribution in [3.63, 3.8) is 0 Å². The van der Waals surface area contributed by atoms with E-state index in [0.29, 0.717) is 6.54 Å². The van der Waals surface area contributed by atoms with Crippen molar-refractivity contribution in [3.8, 4) is 0 Å². The van der Waals surface area contributed by atoms with Gasteiger partial charge in [-0.25, -0.2) is 5.84 Å². The number of carbonyl (C=O) groups is 2. The summed E-state index contributed by atoms with van der Waals surface area (Å²) in [5, 5.41) is 2.72. The fourth-order valence-electron chi connectivity index (χ4n) is 1.18. The van der Waals surface area contributed by atoms with Crippen LogP contribution in [-0.4, -0.2) is 11.8 Å². The average molecular weight is 221 g/mol. The van der Waals surface area contributed by atoms with Crippen LogP contribution in [0.15, 0.2) is 30.3 Å². The topological polar surface area (TPSA) is 84.2 Å². The van der Waals surface area contributed by atoms with Crippen molar-refractivity contribution in [2.75, 3.05) is 0 Å². The van der Waals surface area contributed by atoms with E-state index in [0.717, 1.165) is 5.56 Å². The third kappa shape index (κ3) is 4.56. The monoisotopic (exact) mass is 221 g/mol. The highest BCUT2D eigenvalue weighted by Gasteiger charge is 2.04. The van der Waals surface area contributed by atoms with E-state index in [1.807, 2.05) is 35.8 Å². The number of nitrogens with one attached hydrogen (secondary N) is 2. The van der Waals surface area contributed by atoms with Crippen LogP contribution in [0.25, 0.3) is 0 Å². The molecule has 0 aromatic heterocycles. The van der Waals surface area contributed by atoms with Crippen molar-refractivity contribution in [1.82, 2.24) is 10.7 Å². The molecule has 5 nitrogen and oxygen atoms in total. The smallest absolute Gasteiger partial charge is 0.234 e. The number of hydrogen-bond donors (Lipinski definition) is 3. The fourth-order valence-corrected chi connectivity index (χ4v) is 1.18. The van der Waals surface area contributed by atoms with Crippen molar-refractivity contribution < 1.29 is 9.59 Å². The van der Waals surface area contributed by atoms with Gasteiger partial charge < -0.3 is 5.32 Å². The summed E-state index contributed by atoms with van der Waals surface area (Å²) in [6.45, 7) is 0.476. The summed E-state index contributed by atoms with van der Waals surface area (Å²) in [6, 6.07) is 9.57. The molecule has 0 bridgehead atoms. The van der Waals surface area contributed by atoms with Gasteiger partial charge in [0.2, 0.25) is 11.8 Å². The van der Waals surface area contributed by atoms with Crippen molar-refractivity contribution in [2.24, 2.45) is 5.84 Å². The molecule has 0 radical (unpaired) electrons. The van der Waals surface area contributed by atoms with Crippen LogP contribution in [0.4, 0.5) is 0 Å². The van der Waals surface area contributed by atoms with Crippen LogP contribution < -0.4 is 16.6 Å². The largest absolute Gasteiger partial charge is 0.352 e. The van der Waals surface area contributed by atoms with Crippen LogP contribution in [0.2, 0.25) is 0 Å². The van der Waals surface area contributed by atoms with E-state index in [2.05, 4.69) is 5.32 Å². The van der Waals surface area contributed by atoms with Gasteiger partial charge in [0.15, 0.2) is 0 Å². The van der Waals surface area contributed by atoms with Crippen LogP contribution >= 0.6 is 0 Å². The Morgan fingerprint density at radius 2 is 1.69 bits per heavy atom. The lowest BCUT2D eigenvalue weighted by molar-refractivity contribution is -0.126. The molecule has 5 heteroatoms. The predicted molar refractivity (Wildman–Crippen MR) is 59.9 cm³/mol. The molecule has 1 aromatic carbocycles. The summed E-state index contributed by atoms with van der Waals surface area (Å²) in [4.78, 5) is 22.1. The summed E-state index contributed by atoms with van der Waals surface area (Å²) in [7, 11) is 0. The molecule has 0 unspecified atom stereocenters. The molecule has 1 aromatic rings. The molecule has 0 heterocycles. The van der Waals surface area contributed by atoms with E-state index in [-0.39, 0.29) is 24.7 Å². The number of hydrazine groups is 1. The minimum atomic E-state index is -0.338. The second-order valence-electron chi connectivity index (χ2n) is 3.33. The van der Waals surface area contributed by atoms with Gasteiger partial charge in [-0.2, -0.15) is 0 Å². The highest BCUT2D eigenvalue weighted by Crippen LogP contribution is 1.97. The number of carbonyl (C=O) groups excluding carboxylic acids is 2. The number of rotatable bonds is 5. The molecule has 0 fully saturated rings. The molecule has 0 aliphatic heterocycles. The minimum absolute atomic E-state index is 0.108. The van der Waals surface area contributed by atoms with E-state index >= 15 is 0 Å². The van der Waals surface area contributed by atoms with E-state index in [1.165, 1.54) is 0 Å². The molecular weight excluding hydrogens is 206 g/mol. The third-order valence-electron chi connectivity index (χ3n) is 2.07. The van der Waals surface area contributed by atoms with Gasteiger partial charge in [0.05, 0.1) is 0 Å². The predicted octanol–water partition coefficient (Wildman–Crippen LogP) is 0.0729. The van der Waals surface area contributed by atoms with Crippen molar-refractivity contribution >= 4 is 11.8 Å². The molecule has 0 spiro atoms. The summed E-state index contributed by atoms with van der Waals surface area (Å²) < 4.78 is 0. The van der Waals surface area contributed by atoms with Gasteiger partial charge >= 0.3 is 0 Å². The first-order valence-corrected chi connectivity index (χ1v) is 5.02. The Bertz CT molecular complexity index is 352. The lowest BCUT2D eigenvalue weighted by Crippen LogP contribution is -2.31. The molecular formula is C11H15N3O2. The lowest BCUT2D eigenvalue weighted by atomic mass is 10.2. The lowest BCUT2D eigenvalue weighted by Gasteiger charge is -2.04. The van der Waals surface area contributed by atoms with Crippen LogP contribution in [0.1, 0.15) is 18.4 Å². The van der Waals surface area contributed by atoms with Crippen molar-refractivity contribution in [2.45, 2.75) is 19.4 Å². The minimum Gasteiger partial charge on any atom is -0.352 e. The van der Waals surface area contributed by atoms with E-state index < -0.39 is 0 Å². The molecule has 0 aliphatic carbocycles. The normalized spacial score (nSPS) is 9.56. The maximum Gasteiger partial charge on any atom is 0.234 e. The van der Waals surface area contributed by atoms with Gasteiger partial charge in [0.25, 0.3) is 0 Å². The maximum atomic E-state index is 11.3. The Labute approximate surface area is 94.0 Å². The zero-order chi connectivity index (χ0) is 11.8. The van der Waals surface area contributed by atoms with E-state index in [1.54, 1.807) is 0 Å². The molecule has 16 heavy (non-hydrogen) atoms. The molecule has 2 amide bonds. The van der Waals surface area contributed by atoms with Crippen LogP contribution in [-0.2, 0) is 16.1 Å². The van der Waals surface area contributed by atoms with Gasteiger partial charge in [0, 0.05) is 19.4 Å². The maximum absolute atomic E-state index is 11.3. The number of benzene rings is 1. The quantitative estimate of drug-likeness (QED) is 0.374. The molecule has 0 saturated heterocycles. The fraction of sp³-hybridized carbons (Fsp3) is 0.273. The first-order chi connectivity index (χ1) is 7.72. The first-order valence-electron chi connectivity index (χ1n) is 5.02. The second kappa shape index (κ2) is 6.58. The van der Waals surface area contributed by atoms with Crippen LogP contribution in [0, 0.1) is 0 Å². The average Bonchev–Trinajstić information content (AvgIpc) is 2.34. The molecule has 86 valence electrons. The highest BCUT2D eigenvalue weighted by atomic mass is 16.2. The third-order valence-corrected chi connectivity index (χ3v) is 2.07. The molecule has 0 saturated carbocycles. The van der Waals surface area contributed by atoms with E-state index in [9.17, 15) is 9.59 Å². The molecule has 4 N–H and O–H groups in total. The molecule has 0 aliphatic rings. The van der Waals surface area contributed by atoms with Crippen molar-refractivity contribution in [1.29, 1.82) is 0 Å². The first kappa shape index (κ1) is 12.2. The highest BCUT2D eigenvalue weighted by molar-refractivity contribution is 5.83. The molecule has 1 rings (SSSR count). The standard InChI is InChI=1S/C11H15N3O2/c12-14-11(16)7-6-10(15)13-8-9-4-2-1-3-5-9/h1-5H,6-8,12H2,(H,13,15)(H,14,16). The van der Waals surface area contributed by atoms with E-state index in [4.69, 9.17) is 5.84 Å². The summed E-state index contributed by atoms with van der Waals surface area (Å²) >= 11 is 0. The second-order valence-corrected chi connectivity index (χ2v) is 3.33. The summed E-state index contributed by atoms with van der Waals surface area (Å²) in [5.74, 6) is 4.39. The van der Waals surface area contributed by atoms with Gasteiger partial charge in [-0.1, -0.05) is 30.3 Å². The summed E-state index contributed by atoms with van der Waals surface area (Å²) in [6.07, 6.45) is 0.257. The van der Waals surface area contributed by atoms with Gasteiger partial charge in [-0.15, -0.1) is 0 Å². The van der Waals surface area contributed by atoms with Crippen LogP contribution in [0.3, 0.4) is 0 Å².